The Bertz CT molecular complexity index is 864. The fourth-order valence-corrected chi connectivity index (χ4v) is 4.79. The summed E-state index contributed by atoms with van der Waals surface area (Å²) in [4.78, 5) is 14.7. The van der Waals surface area contributed by atoms with Gasteiger partial charge in [0.25, 0.3) is 10.0 Å². The Morgan fingerprint density at radius 1 is 1.15 bits per heavy atom. The Labute approximate surface area is 163 Å². The minimum absolute atomic E-state index is 0.125. The van der Waals surface area contributed by atoms with Crippen molar-refractivity contribution in [3.63, 3.8) is 0 Å². The van der Waals surface area contributed by atoms with Gasteiger partial charge in [-0.25, -0.2) is 17.5 Å². The molecule has 2 rings (SSSR count). The Kier molecular flexibility index (Phi) is 6.68. The molecule has 0 bridgehead atoms. The minimum Gasteiger partial charge on any atom is -0.333 e. The highest BCUT2D eigenvalue weighted by Gasteiger charge is 2.20. The van der Waals surface area contributed by atoms with Crippen LogP contribution in [0.3, 0.4) is 0 Å². The number of hydrogen-bond donors (Lipinski definition) is 1. The van der Waals surface area contributed by atoms with E-state index in [-0.39, 0.29) is 22.8 Å². The molecule has 0 saturated carbocycles. The molecule has 26 heavy (non-hydrogen) atoms. The molecule has 1 aromatic heterocycles. The monoisotopic (exact) mass is 415 g/mol. The molecule has 1 heterocycles. The van der Waals surface area contributed by atoms with Crippen LogP contribution in [-0.4, -0.2) is 44.8 Å². The van der Waals surface area contributed by atoms with Gasteiger partial charge in [0.2, 0.25) is 0 Å². The summed E-state index contributed by atoms with van der Waals surface area (Å²) in [5.74, 6) is 0. The second-order valence-electron chi connectivity index (χ2n) is 6.01. The van der Waals surface area contributed by atoms with Crippen molar-refractivity contribution >= 4 is 39.0 Å². The lowest BCUT2D eigenvalue weighted by atomic mass is 10.1. The van der Waals surface area contributed by atoms with Crippen molar-refractivity contribution in [1.82, 2.24) is 14.5 Å². The Morgan fingerprint density at radius 2 is 1.77 bits per heavy atom. The van der Waals surface area contributed by atoms with Gasteiger partial charge in [0, 0.05) is 31.0 Å². The maximum absolute atomic E-state index is 12.4. The number of urea groups is 1. The first-order valence-corrected chi connectivity index (χ1v) is 10.5. The largest absolute Gasteiger partial charge is 0.333 e. The van der Waals surface area contributed by atoms with Crippen LogP contribution in [0.2, 0.25) is 5.02 Å². The van der Waals surface area contributed by atoms with Crippen LogP contribution in [0.25, 0.3) is 0 Å². The summed E-state index contributed by atoms with van der Waals surface area (Å²) in [6.07, 6.45) is 0. The lowest BCUT2D eigenvalue weighted by Crippen LogP contribution is -2.38. The summed E-state index contributed by atoms with van der Waals surface area (Å²) >= 11 is 7.04. The van der Waals surface area contributed by atoms with Crippen molar-refractivity contribution in [1.29, 1.82) is 0 Å². The molecule has 0 unspecified atom stereocenters. The van der Waals surface area contributed by atoms with Crippen molar-refractivity contribution in [3.8, 4) is 0 Å². The van der Waals surface area contributed by atoms with Crippen molar-refractivity contribution in [2.24, 2.45) is 0 Å². The Balaban J connectivity index is 1.98. The normalized spacial score (nSPS) is 12.8. The molecule has 0 radical (unpaired) electrons. The van der Waals surface area contributed by atoms with Gasteiger partial charge in [-0.1, -0.05) is 23.7 Å². The van der Waals surface area contributed by atoms with Crippen LogP contribution in [0.1, 0.15) is 23.4 Å². The predicted octanol–water partition coefficient (Wildman–Crippen LogP) is 3.55. The topological polar surface area (TPSA) is 69.7 Å². The quantitative estimate of drug-likeness (QED) is 0.784. The maximum atomic E-state index is 12.4. The Hall–Kier alpha value is -1.61. The number of nitrogens with zero attached hydrogens (tertiary/aromatic N) is 2. The maximum Gasteiger partial charge on any atom is 0.317 e. The number of sulfonamides is 1. The van der Waals surface area contributed by atoms with Crippen molar-refractivity contribution in [2.45, 2.75) is 23.7 Å². The highest BCUT2D eigenvalue weighted by Crippen LogP contribution is 2.24. The number of amides is 2. The third-order valence-electron chi connectivity index (χ3n) is 4.04. The van der Waals surface area contributed by atoms with Crippen LogP contribution < -0.4 is 5.32 Å². The van der Waals surface area contributed by atoms with Crippen molar-refractivity contribution in [3.05, 3.63) is 51.9 Å². The molecule has 6 nitrogen and oxygen atoms in total. The van der Waals surface area contributed by atoms with Gasteiger partial charge in [-0.3, -0.25) is 0 Å². The number of rotatable bonds is 6. The van der Waals surface area contributed by atoms with E-state index in [0.29, 0.717) is 5.02 Å². The standard InChI is InChI=1S/C17H22ClN3O3S2/c1-12(13-5-7-14(18)8-6-13)21(4)17(22)19-11-15-9-10-16(25-15)26(23,24)20(2)3/h5-10,12H,11H2,1-4H3,(H,19,22)/t12-/m0/s1. The second kappa shape index (κ2) is 8.39. The molecule has 0 aliphatic carbocycles. The highest BCUT2D eigenvalue weighted by molar-refractivity contribution is 7.91. The molecular formula is C17H22ClN3O3S2. The molecule has 9 heteroatoms. The summed E-state index contributed by atoms with van der Waals surface area (Å²) < 4.78 is 25.6. The molecule has 2 amide bonds. The van der Waals surface area contributed by atoms with Gasteiger partial charge >= 0.3 is 6.03 Å². The number of carbonyl (C=O) groups excluding carboxylic acids is 1. The zero-order chi connectivity index (χ0) is 19.5. The van der Waals surface area contributed by atoms with Crippen LogP contribution in [0, 0.1) is 0 Å². The van der Waals surface area contributed by atoms with E-state index in [1.807, 2.05) is 19.1 Å². The molecule has 1 aromatic carbocycles. The predicted molar refractivity (Wildman–Crippen MR) is 105 cm³/mol. The number of benzene rings is 1. The van der Waals surface area contributed by atoms with Crippen LogP contribution in [0.4, 0.5) is 4.79 Å². The average Bonchev–Trinajstić information content (AvgIpc) is 3.08. The van der Waals surface area contributed by atoms with Crippen molar-refractivity contribution in [2.75, 3.05) is 21.1 Å². The number of nitrogens with one attached hydrogen (secondary N) is 1. The van der Waals surface area contributed by atoms with E-state index in [0.717, 1.165) is 21.8 Å². The third-order valence-corrected chi connectivity index (χ3v) is 7.66. The molecule has 1 N–H and O–H groups in total. The second-order valence-corrected chi connectivity index (χ2v) is 9.99. The molecule has 0 fully saturated rings. The zero-order valence-electron chi connectivity index (χ0n) is 15.1. The SMILES string of the molecule is C[C@@H](c1ccc(Cl)cc1)N(C)C(=O)NCc1ccc(S(=O)(=O)N(C)C)s1. The van der Waals surface area contributed by atoms with Gasteiger partial charge in [0.15, 0.2) is 0 Å². The van der Waals surface area contributed by atoms with Gasteiger partial charge in [-0.15, -0.1) is 11.3 Å². The smallest absolute Gasteiger partial charge is 0.317 e. The molecule has 1 atom stereocenters. The molecular weight excluding hydrogens is 394 g/mol. The summed E-state index contributed by atoms with van der Waals surface area (Å²) in [6.45, 7) is 2.19. The molecule has 142 valence electrons. The van der Waals surface area contributed by atoms with Gasteiger partial charge in [0.1, 0.15) is 4.21 Å². The van der Waals surface area contributed by atoms with E-state index < -0.39 is 10.0 Å². The molecule has 0 aliphatic rings. The first kappa shape index (κ1) is 20.7. The van der Waals surface area contributed by atoms with Crippen molar-refractivity contribution < 1.29 is 13.2 Å². The van der Waals surface area contributed by atoms with E-state index in [1.54, 1.807) is 36.2 Å². The van der Waals surface area contributed by atoms with E-state index in [2.05, 4.69) is 5.32 Å². The number of hydrogen-bond acceptors (Lipinski definition) is 4. The van der Waals surface area contributed by atoms with E-state index >= 15 is 0 Å². The molecule has 2 aromatic rings. The third kappa shape index (κ3) is 4.76. The first-order chi connectivity index (χ1) is 12.1. The fraction of sp³-hybridized carbons (Fsp3) is 0.353. The highest BCUT2D eigenvalue weighted by atomic mass is 35.5. The van der Waals surface area contributed by atoms with Crippen LogP contribution in [0.15, 0.2) is 40.6 Å². The average molecular weight is 416 g/mol. The van der Waals surface area contributed by atoms with E-state index in [1.165, 1.54) is 18.4 Å². The molecule has 0 aliphatic heterocycles. The van der Waals surface area contributed by atoms with E-state index in [4.69, 9.17) is 11.6 Å². The van der Waals surface area contributed by atoms with Crippen LogP contribution >= 0.6 is 22.9 Å². The van der Waals surface area contributed by atoms with Gasteiger partial charge in [0.05, 0.1) is 12.6 Å². The number of halogens is 1. The van der Waals surface area contributed by atoms with Crippen LogP contribution in [0.5, 0.6) is 0 Å². The zero-order valence-corrected chi connectivity index (χ0v) is 17.5. The lowest BCUT2D eigenvalue weighted by Gasteiger charge is -2.25. The number of carbonyl (C=O) groups is 1. The van der Waals surface area contributed by atoms with E-state index in [9.17, 15) is 13.2 Å². The van der Waals surface area contributed by atoms with Crippen LogP contribution in [-0.2, 0) is 16.6 Å². The summed E-state index contributed by atoms with van der Waals surface area (Å²) in [5, 5.41) is 3.47. The first-order valence-electron chi connectivity index (χ1n) is 7.90. The minimum atomic E-state index is -3.45. The summed E-state index contributed by atoms with van der Waals surface area (Å²) in [5.41, 5.74) is 0.975. The van der Waals surface area contributed by atoms with Gasteiger partial charge in [-0.05, 0) is 36.8 Å². The molecule has 0 saturated heterocycles. The van der Waals surface area contributed by atoms with Gasteiger partial charge in [-0.2, -0.15) is 0 Å². The Morgan fingerprint density at radius 3 is 2.35 bits per heavy atom. The fourth-order valence-electron chi connectivity index (χ4n) is 2.20. The summed E-state index contributed by atoms with van der Waals surface area (Å²) in [7, 11) is 1.25. The summed E-state index contributed by atoms with van der Waals surface area (Å²) in [6, 6.07) is 10.3. The molecule has 0 spiro atoms. The van der Waals surface area contributed by atoms with Gasteiger partial charge < -0.3 is 10.2 Å². The number of thiophene rings is 1. The lowest BCUT2D eigenvalue weighted by molar-refractivity contribution is 0.194.